The molecule has 0 N–H and O–H groups in total. The van der Waals surface area contributed by atoms with Gasteiger partial charge in [0.15, 0.2) is 0 Å². The molecule has 1 aromatic heterocycles. The molecule has 140 valence electrons. The van der Waals surface area contributed by atoms with Crippen molar-refractivity contribution in [3.8, 4) is 0 Å². The van der Waals surface area contributed by atoms with Crippen LogP contribution in [-0.4, -0.2) is 46.0 Å². The lowest BCUT2D eigenvalue weighted by molar-refractivity contribution is -0.150. The Morgan fingerprint density at radius 1 is 1.28 bits per heavy atom. The van der Waals surface area contributed by atoms with Gasteiger partial charge in [0.2, 0.25) is 0 Å². The maximum atomic E-state index is 12.8. The molecule has 2 aliphatic heterocycles. The normalized spacial score (nSPS) is 29.6. The van der Waals surface area contributed by atoms with Crippen molar-refractivity contribution in [2.75, 3.05) is 18.9 Å². The van der Waals surface area contributed by atoms with Gasteiger partial charge in [-0.05, 0) is 38.0 Å². The van der Waals surface area contributed by atoms with E-state index < -0.39 is 11.9 Å². The van der Waals surface area contributed by atoms with E-state index in [1.807, 2.05) is 0 Å². The summed E-state index contributed by atoms with van der Waals surface area (Å²) in [6, 6.07) is 1.37. The van der Waals surface area contributed by atoms with Crippen molar-refractivity contribution in [1.29, 1.82) is 0 Å². The number of halogens is 3. The van der Waals surface area contributed by atoms with Gasteiger partial charge in [0.1, 0.15) is 23.3 Å². The third-order valence-corrected chi connectivity index (χ3v) is 5.98. The summed E-state index contributed by atoms with van der Waals surface area (Å²) in [5.41, 5.74) is -0.879. The number of rotatable bonds is 6. The number of fused-ring (bicyclic) bond motifs is 2. The highest BCUT2D eigenvalue weighted by Crippen LogP contribution is 2.38. The van der Waals surface area contributed by atoms with Gasteiger partial charge in [-0.2, -0.15) is 13.2 Å². The standard InChI is InChI=1S/C17H24F3N3OS/c1-2-8-24-16-12-4-3-7-23(16)13(6-5-12)10-25-15-9-14(17(18,19)20)21-11-22-15/h9,11-13,16H,2-8,10H2,1H3/t12-,13+,16?/m1/s1. The van der Waals surface area contributed by atoms with Gasteiger partial charge in [-0.15, -0.1) is 11.8 Å². The zero-order valence-electron chi connectivity index (χ0n) is 14.3. The maximum Gasteiger partial charge on any atom is 0.433 e. The zero-order chi connectivity index (χ0) is 17.9. The summed E-state index contributed by atoms with van der Waals surface area (Å²) in [4.78, 5) is 9.73. The predicted octanol–water partition coefficient (Wildman–Crippen LogP) is 4.21. The lowest BCUT2D eigenvalue weighted by Gasteiger charge is -2.49. The minimum Gasteiger partial charge on any atom is -0.363 e. The van der Waals surface area contributed by atoms with Gasteiger partial charge in [-0.3, -0.25) is 4.90 Å². The summed E-state index contributed by atoms with van der Waals surface area (Å²) in [5.74, 6) is 1.32. The number of hydrogen-bond donors (Lipinski definition) is 0. The van der Waals surface area contributed by atoms with Crippen LogP contribution in [0.4, 0.5) is 13.2 Å². The Bertz CT molecular complexity index is 572. The molecular weight excluding hydrogens is 351 g/mol. The molecule has 25 heavy (non-hydrogen) atoms. The second kappa shape index (κ2) is 8.22. The second-order valence-corrected chi connectivity index (χ2v) is 7.72. The number of alkyl halides is 3. The number of piperidine rings is 2. The summed E-state index contributed by atoms with van der Waals surface area (Å²) in [6.45, 7) is 3.88. The molecule has 1 aromatic rings. The van der Waals surface area contributed by atoms with Crippen molar-refractivity contribution < 1.29 is 17.9 Å². The van der Waals surface area contributed by atoms with E-state index in [0.717, 1.165) is 50.6 Å². The first kappa shape index (κ1) is 18.9. The SMILES string of the molecule is CCCOC1[C@@H]2CCCN1[C@H](CSc1cc(C(F)(F)F)ncn1)CC2. The molecule has 0 aromatic carbocycles. The second-order valence-electron chi connectivity index (χ2n) is 6.68. The number of thioether (sulfide) groups is 1. The van der Waals surface area contributed by atoms with Crippen molar-refractivity contribution in [1.82, 2.24) is 14.9 Å². The van der Waals surface area contributed by atoms with Gasteiger partial charge >= 0.3 is 6.18 Å². The molecule has 4 atom stereocenters. The van der Waals surface area contributed by atoms with Crippen molar-refractivity contribution in [2.24, 2.45) is 5.92 Å². The van der Waals surface area contributed by atoms with Crippen molar-refractivity contribution in [2.45, 2.75) is 62.5 Å². The van der Waals surface area contributed by atoms with Crippen LogP contribution in [0.3, 0.4) is 0 Å². The molecule has 4 nitrogen and oxygen atoms in total. The lowest BCUT2D eigenvalue weighted by Crippen LogP contribution is -2.56. The van der Waals surface area contributed by atoms with Crippen LogP contribution in [0.15, 0.2) is 17.4 Å². The average molecular weight is 375 g/mol. The van der Waals surface area contributed by atoms with Crippen molar-refractivity contribution in [3.05, 3.63) is 18.1 Å². The molecule has 2 bridgehead atoms. The van der Waals surface area contributed by atoms with Gasteiger partial charge in [0.05, 0.1) is 0 Å². The molecule has 0 radical (unpaired) electrons. The van der Waals surface area contributed by atoms with E-state index in [0.29, 0.717) is 17.0 Å². The molecule has 0 amide bonds. The van der Waals surface area contributed by atoms with E-state index in [1.54, 1.807) is 0 Å². The molecule has 0 aliphatic carbocycles. The van der Waals surface area contributed by atoms with Crippen LogP contribution in [0.5, 0.6) is 0 Å². The van der Waals surface area contributed by atoms with Crippen LogP contribution in [0.2, 0.25) is 0 Å². The number of hydrogen-bond acceptors (Lipinski definition) is 5. The Morgan fingerprint density at radius 3 is 2.88 bits per heavy atom. The first-order chi connectivity index (χ1) is 12.0. The largest absolute Gasteiger partial charge is 0.433 e. The highest BCUT2D eigenvalue weighted by atomic mass is 32.2. The fourth-order valence-corrected chi connectivity index (χ4v) is 4.77. The van der Waals surface area contributed by atoms with Gasteiger partial charge in [-0.25, -0.2) is 9.97 Å². The van der Waals surface area contributed by atoms with Gasteiger partial charge in [-0.1, -0.05) is 6.92 Å². The van der Waals surface area contributed by atoms with Gasteiger partial charge in [0, 0.05) is 31.0 Å². The fraction of sp³-hybridized carbons (Fsp3) is 0.765. The van der Waals surface area contributed by atoms with E-state index in [4.69, 9.17) is 4.74 Å². The van der Waals surface area contributed by atoms with Crippen LogP contribution < -0.4 is 0 Å². The summed E-state index contributed by atoms with van der Waals surface area (Å²) in [7, 11) is 0. The van der Waals surface area contributed by atoms with Crippen LogP contribution in [0.1, 0.15) is 44.7 Å². The summed E-state index contributed by atoms with van der Waals surface area (Å²) < 4.78 is 44.4. The minimum absolute atomic E-state index is 0.171. The summed E-state index contributed by atoms with van der Waals surface area (Å²) in [5, 5.41) is 0.382. The number of ether oxygens (including phenoxy) is 1. The first-order valence-corrected chi connectivity index (χ1v) is 9.87. The Balaban J connectivity index is 1.62. The van der Waals surface area contributed by atoms with E-state index in [2.05, 4.69) is 21.8 Å². The first-order valence-electron chi connectivity index (χ1n) is 8.88. The molecule has 2 aliphatic rings. The highest BCUT2D eigenvalue weighted by molar-refractivity contribution is 7.99. The van der Waals surface area contributed by atoms with Crippen LogP contribution in [-0.2, 0) is 10.9 Å². The molecule has 0 saturated carbocycles. The third-order valence-electron chi connectivity index (χ3n) is 4.91. The molecule has 2 saturated heterocycles. The fourth-order valence-electron chi connectivity index (χ4n) is 3.73. The van der Waals surface area contributed by atoms with E-state index in [1.165, 1.54) is 24.6 Å². The molecule has 8 heteroatoms. The van der Waals surface area contributed by atoms with Crippen LogP contribution in [0.25, 0.3) is 0 Å². The quantitative estimate of drug-likeness (QED) is 0.550. The lowest BCUT2D eigenvalue weighted by atomic mass is 9.84. The number of aromatic nitrogens is 2. The van der Waals surface area contributed by atoms with E-state index >= 15 is 0 Å². The molecule has 3 rings (SSSR count). The van der Waals surface area contributed by atoms with Gasteiger partial charge in [0.25, 0.3) is 0 Å². The average Bonchev–Trinajstić information content (AvgIpc) is 2.58. The monoisotopic (exact) mass is 375 g/mol. The molecular formula is C17H24F3N3OS. The van der Waals surface area contributed by atoms with Crippen molar-refractivity contribution in [3.63, 3.8) is 0 Å². The summed E-state index contributed by atoms with van der Waals surface area (Å²) in [6.07, 6.45) is 2.32. The van der Waals surface area contributed by atoms with Crippen LogP contribution >= 0.6 is 11.8 Å². The molecule has 2 fully saturated rings. The molecule has 0 spiro atoms. The Morgan fingerprint density at radius 2 is 2.12 bits per heavy atom. The van der Waals surface area contributed by atoms with Crippen LogP contribution in [0, 0.1) is 5.92 Å². The third kappa shape index (κ3) is 4.65. The smallest absolute Gasteiger partial charge is 0.363 e. The Hall–Kier alpha value is -0.860. The highest BCUT2D eigenvalue weighted by Gasteiger charge is 2.40. The van der Waals surface area contributed by atoms with Gasteiger partial charge < -0.3 is 4.74 Å². The molecule has 3 heterocycles. The maximum absolute atomic E-state index is 12.8. The van der Waals surface area contributed by atoms with E-state index in [-0.39, 0.29) is 6.23 Å². The minimum atomic E-state index is -4.43. The predicted molar refractivity (Wildman–Crippen MR) is 90.2 cm³/mol. The molecule has 2 unspecified atom stereocenters. The summed E-state index contributed by atoms with van der Waals surface area (Å²) >= 11 is 1.38. The number of nitrogens with zero attached hydrogens (tertiary/aromatic N) is 3. The Labute approximate surface area is 150 Å². The Kier molecular flexibility index (Phi) is 6.22. The van der Waals surface area contributed by atoms with E-state index in [9.17, 15) is 13.2 Å². The van der Waals surface area contributed by atoms with Crippen molar-refractivity contribution >= 4 is 11.8 Å². The topological polar surface area (TPSA) is 38.2 Å². The zero-order valence-corrected chi connectivity index (χ0v) is 15.2.